The predicted octanol–water partition coefficient (Wildman–Crippen LogP) is 2.32. The highest BCUT2D eigenvalue weighted by Gasteiger charge is 2.41. The highest BCUT2D eigenvalue weighted by Crippen LogP contribution is 2.24. The number of nitrogens with zero attached hydrogens (tertiary/aromatic N) is 1. The Morgan fingerprint density at radius 3 is 2.48 bits per heavy atom. The topological polar surface area (TPSA) is 123 Å². The summed E-state index contributed by atoms with van der Waals surface area (Å²) in [5.74, 6) is -0.0561. The Morgan fingerprint density at radius 2 is 1.85 bits per heavy atom. The van der Waals surface area contributed by atoms with Crippen LogP contribution in [0, 0.1) is 5.92 Å². The van der Waals surface area contributed by atoms with Gasteiger partial charge in [-0.2, -0.15) is 0 Å². The minimum Gasteiger partial charge on any atom is -0.450 e. The number of hydrogen-bond acceptors (Lipinski definition) is 6. The van der Waals surface area contributed by atoms with Gasteiger partial charge in [0.15, 0.2) is 0 Å². The number of hydrogen-bond donors (Lipinski definition) is 3. The first-order chi connectivity index (χ1) is 15.7. The van der Waals surface area contributed by atoms with Crippen molar-refractivity contribution in [2.24, 2.45) is 11.7 Å². The van der Waals surface area contributed by atoms with Crippen LogP contribution < -0.4 is 16.4 Å². The molecule has 0 unspecified atom stereocenters. The van der Waals surface area contributed by atoms with Gasteiger partial charge in [-0.25, -0.2) is 4.79 Å². The molecule has 1 heterocycles. The van der Waals surface area contributed by atoms with Gasteiger partial charge in [0.05, 0.1) is 18.8 Å². The van der Waals surface area contributed by atoms with Gasteiger partial charge in [0, 0.05) is 19.1 Å². The van der Waals surface area contributed by atoms with E-state index in [9.17, 15) is 14.4 Å². The molecule has 1 aliphatic carbocycles. The van der Waals surface area contributed by atoms with E-state index >= 15 is 0 Å². The Morgan fingerprint density at radius 1 is 1.15 bits per heavy atom. The lowest BCUT2D eigenvalue weighted by molar-refractivity contribution is -0.142. The summed E-state index contributed by atoms with van der Waals surface area (Å²) in [4.78, 5) is 40.2. The number of rotatable bonds is 11. The van der Waals surface area contributed by atoms with Crippen LogP contribution in [0.4, 0.5) is 4.79 Å². The molecule has 2 aliphatic rings. The smallest absolute Gasteiger partial charge is 0.407 e. The quantitative estimate of drug-likeness (QED) is 0.428. The van der Waals surface area contributed by atoms with Gasteiger partial charge in [-0.1, -0.05) is 33.1 Å². The second kappa shape index (κ2) is 13.1. The second-order valence-corrected chi connectivity index (χ2v) is 10.0. The molecule has 0 aromatic heterocycles. The molecular formula is C24H44N4O5. The fourth-order valence-electron chi connectivity index (χ4n) is 4.28. The van der Waals surface area contributed by atoms with Gasteiger partial charge < -0.3 is 30.7 Å². The van der Waals surface area contributed by atoms with Gasteiger partial charge in [-0.3, -0.25) is 9.59 Å². The number of nitrogens with one attached hydrogen (secondary N) is 2. The Hall–Kier alpha value is -1.87. The molecule has 9 nitrogen and oxygen atoms in total. The van der Waals surface area contributed by atoms with Crippen LogP contribution in [0.3, 0.4) is 0 Å². The third-order valence-electron chi connectivity index (χ3n) is 6.73. The normalized spacial score (nSPS) is 22.6. The Kier molecular flexibility index (Phi) is 10.9. The summed E-state index contributed by atoms with van der Waals surface area (Å²) in [6, 6.07) is -1.90. The van der Waals surface area contributed by atoms with Crippen molar-refractivity contribution in [2.45, 2.75) is 103 Å². The molecule has 9 heteroatoms. The van der Waals surface area contributed by atoms with Crippen LogP contribution in [-0.2, 0) is 19.1 Å². The molecule has 4 N–H and O–H groups in total. The highest BCUT2D eigenvalue weighted by atomic mass is 16.5. The number of likely N-dealkylation sites (tertiary alicyclic amines) is 1. The number of alkyl carbamates (subject to hydrolysis) is 1. The van der Waals surface area contributed by atoms with Crippen LogP contribution in [0.5, 0.6) is 0 Å². The molecule has 1 saturated heterocycles. The van der Waals surface area contributed by atoms with Gasteiger partial charge in [0.25, 0.3) is 0 Å². The van der Waals surface area contributed by atoms with E-state index in [0.717, 1.165) is 19.3 Å². The second-order valence-electron chi connectivity index (χ2n) is 10.0. The summed E-state index contributed by atoms with van der Waals surface area (Å²) in [6.45, 7) is 8.88. The fraction of sp³-hybridized carbons (Fsp3) is 0.875. The minimum absolute atomic E-state index is 0.0109. The van der Waals surface area contributed by atoms with E-state index < -0.39 is 23.8 Å². The first-order valence-corrected chi connectivity index (χ1v) is 12.6. The molecule has 2 rings (SSSR count). The molecule has 1 saturated carbocycles. The van der Waals surface area contributed by atoms with Crippen molar-refractivity contribution in [2.75, 3.05) is 26.3 Å². The van der Waals surface area contributed by atoms with Crippen LogP contribution in [-0.4, -0.2) is 72.8 Å². The number of amides is 3. The van der Waals surface area contributed by atoms with Crippen molar-refractivity contribution >= 4 is 17.9 Å². The Bertz CT molecular complexity index is 651. The molecule has 2 fully saturated rings. The van der Waals surface area contributed by atoms with E-state index in [-0.39, 0.29) is 37.6 Å². The fourth-order valence-corrected chi connectivity index (χ4v) is 4.28. The number of carbonyl (C=O) groups excluding carboxylic acids is 3. The molecule has 0 bridgehead atoms. The molecule has 33 heavy (non-hydrogen) atoms. The number of carbonyl (C=O) groups is 3. The zero-order valence-corrected chi connectivity index (χ0v) is 20.9. The molecule has 3 atom stereocenters. The third kappa shape index (κ3) is 8.77. The first-order valence-electron chi connectivity index (χ1n) is 12.6. The number of nitrogens with two attached hydrogens (primary N) is 1. The molecule has 0 radical (unpaired) electrons. The van der Waals surface area contributed by atoms with E-state index in [4.69, 9.17) is 15.2 Å². The zero-order valence-electron chi connectivity index (χ0n) is 20.9. The third-order valence-corrected chi connectivity index (χ3v) is 6.73. The first kappa shape index (κ1) is 27.4. The molecule has 0 spiro atoms. The summed E-state index contributed by atoms with van der Waals surface area (Å²) in [7, 11) is 0. The van der Waals surface area contributed by atoms with Gasteiger partial charge in [0.2, 0.25) is 11.8 Å². The van der Waals surface area contributed by atoms with Gasteiger partial charge >= 0.3 is 6.09 Å². The van der Waals surface area contributed by atoms with Crippen molar-refractivity contribution in [1.29, 1.82) is 0 Å². The maximum atomic E-state index is 13.5. The molecule has 3 amide bonds. The van der Waals surface area contributed by atoms with Gasteiger partial charge in [-0.15, -0.1) is 0 Å². The van der Waals surface area contributed by atoms with Crippen LogP contribution >= 0.6 is 0 Å². The SMILES string of the molecule is CCCOC(=O)N[C@H](COC(C)(C)CC)C(=O)N1C[C@H](N)C[C@H]1C(=O)NCC1CCCCC1. The van der Waals surface area contributed by atoms with Gasteiger partial charge in [0.1, 0.15) is 12.1 Å². The average molecular weight is 469 g/mol. The van der Waals surface area contributed by atoms with Crippen molar-refractivity contribution in [3.63, 3.8) is 0 Å². The largest absolute Gasteiger partial charge is 0.450 e. The van der Waals surface area contributed by atoms with E-state index in [1.165, 1.54) is 24.2 Å². The summed E-state index contributed by atoms with van der Waals surface area (Å²) in [5, 5.41) is 5.67. The van der Waals surface area contributed by atoms with E-state index in [2.05, 4.69) is 10.6 Å². The van der Waals surface area contributed by atoms with E-state index in [0.29, 0.717) is 25.3 Å². The van der Waals surface area contributed by atoms with Crippen molar-refractivity contribution in [3.8, 4) is 0 Å². The zero-order chi connectivity index (χ0) is 24.4. The maximum absolute atomic E-state index is 13.5. The molecule has 1 aliphatic heterocycles. The van der Waals surface area contributed by atoms with Crippen LogP contribution in [0.15, 0.2) is 0 Å². The predicted molar refractivity (Wildman–Crippen MR) is 127 cm³/mol. The van der Waals surface area contributed by atoms with Crippen molar-refractivity contribution < 1.29 is 23.9 Å². The highest BCUT2D eigenvalue weighted by molar-refractivity contribution is 5.92. The van der Waals surface area contributed by atoms with Crippen LogP contribution in [0.2, 0.25) is 0 Å². The standard InChI is InChI=1S/C24H44N4O5/c1-5-12-32-23(31)27-19(16-33-24(3,4)6-2)22(30)28-15-18(25)13-20(28)21(29)26-14-17-10-8-7-9-11-17/h17-20H,5-16,25H2,1-4H3,(H,26,29)(H,27,31)/t18-,19-,20+/m1/s1. The minimum atomic E-state index is -0.959. The summed E-state index contributed by atoms with van der Waals surface area (Å²) < 4.78 is 11.0. The lowest BCUT2D eigenvalue weighted by atomic mass is 9.89. The Labute approximate surface area is 198 Å². The Balaban J connectivity index is 2.06. The molecular weight excluding hydrogens is 424 g/mol. The monoisotopic (exact) mass is 468 g/mol. The van der Waals surface area contributed by atoms with Crippen LogP contribution in [0.25, 0.3) is 0 Å². The average Bonchev–Trinajstić information content (AvgIpc) is 3.20. The maximum Gasteiger partial charge on any atom is 0.407 e. The summed E-state index contributed by atoms with van der Waals surface area (Å²) in [6.07, 6.45) is 7.07. The number of ether oxygens (including phenoxy) is 2. The van der Waals surface area contributed by atoms with Crippen LogP contribution in [0.1, 0.15) is 79.1 Å². The molecule has 190 valence electrons. The summed E-state index contributed by atoms with van der Waals surface area (Å²) in [5.41, 5.74) is 5.69. The van der Waals surface area contributed by atoms with E-state index in [1.54, 1.807) is 0 Å². The van der Waals surface area contributed by atoms with E-state index in [1.807, 2.05) is 27.7 Å². The van der Waals surface area contributed by atoms with Crippen molar-refractivity contribution in [3.05, 3.63) is 0 Å². The molecule has 0 aromatic carbocycles. The van der Waals surface area contributed by atoms with Gasteiger partial charge in [-0.05, 0) is 51.9 Å². The lowest BCUT2D eigenvalue weighted by Crippen LogP contribution is -2.56. The summed E-state index contributed by atoms with van der Waals surface area (Å²) >= 11 is 0. The lowest BCUT2D eigenvalue weighted by Gasteiger charge is -2.31. The van der Waals surface area contributed by atoms with Crippen molar-refractivity contribution in [1.82, 2.24) is 15.5 Å². The molecule has 0 aromatic rings.